The van der Waals surface area contributed by atoms with Crippen LogP contribution in [0.4, 0.5) is 0 Å². The van der Waals surface area contributed by atoms with Gasteiger partial charge in [0.05, 0.1) is 0 Å². The fraction of sp³-hybridized carbons (Fsp3) is 0.429. The number of nitrogens with two attached hydrogens (primary N) is 1. The van der Waals surface area contributed by atoms with Crippen molar-refractivity contribution in [3.8, 4) is 0 Å². The zero-order valence-corrected chi connectivity index (χ0v) is 8.71. The first kappa shape index (κ1) is 9.57. The quantitative estimate of drug-likeness (QED) is 0.736. The summed E-state index contributed by atoms with van der Waals surface area (Å²) in [6, 6.07) is 0. The van der Waals surface area contributed by atoms with Crippen molar-refractivity contribution in [2.24, 2.45) is 5.73 Å². The minimum absolute atomic E-state index is 0.380. The van der Waals surface area contributed by atoms with Crippen LogP contribution >= 0.6 is 23.6 Å². The molecule has 0 bridgehead atoms. The van der Waals surface area contributed by atoms with Crippen LogP contribution < -0.4 is 5.73 Å². The average Bonchev–Trinajstić information content (AvgIpc) is 2.34. The molecule has 3 nitrogen and oxygen atoms in total. The first-order valence-corrected chi connectivity index (χ1v) is 4.71. The Morgan fingerprint density at radius 3 is 2.83 bits per heavy atom. The Balaban J connectivity index is 2.71. The third kappa shape index (κ3) is 2.51. The summed E-state index contributed by atoms with van der Waals surface area (Å²) >= 11 is 6.35. The number of hydrogen-bond acceptors (Lipinski definition) is 4. The molecule has 0 radical (unpaired) electrons. The highest BCUT2D eigenvalue weighted by molar-refractivity contribution is 7.81. The van der Waals surface area contributed by atoms with Crippen LogP contribution in [0.25, 0.3) is 0 Å². The normalized spacial score (nSPS) is 10.6. The van der Waals surface area contributed by atoms with Crippen LogP contribution in [0.5, 0.6) is 0 Å². The smallest absolute Gasteiger partial charge is 0.150 e. The molecule has 0 spiro atoms. The Labute approximate surface area is 81.2 Å². The molecule has 1 rings (SSSR count). The molecule has 0 saturated heterocycles. The van der Waals surface area contributed by atoms with E-state index < -0.39 is 0 Å². The molecular weight excluding hydrogens is 190 g/mol. The third-order valence-corrected chi connectivity index (χ3v) is 2.57. The summed E-state index contributed by atoms with van der Waals surface area (Å²) in [7, 11) is 4.03. The van der Waals surface area contributed by atoms with E-state index in [-0.39, 0.29) is 0 Å². The molecule has 1 aromatic rings. The number of thiazole rings is 1. The molecule has 5 heteroatoms. The summed E-state index contributed by atoms with van der Waals surface area (Å²) in [4.78, 5) is 7.74. The van der Waals surface area contributed by atoms with Gasteiger partial charge in [0.2, 0.25) is 0 Å². The zero-order chi connectivity index (χ0) is 9.14. The highest BCUT2D eigenvalue weighted by Crippen LogP contribution is 2.13. The summed E-state index contributed by atoms with van der Waals surface area (Å²) in [6.45, 7) is 0.889. The SMILES string of the molecule is CN(C)Cc1cnc(C(N)=S)s1. The van der Waals surface area contributed by atoms with E-state index in [0.29, 0.717) is 4.99 Å². The van der Waals surface area contributed by atoms with Gasteiger partial charge in [-0.3, -0.25) is 0 Å². The van der Waals surface area contributed by atoms with E-state index in [0.717, 1.165) is 11.6 Å². The fourth-order valence-electron chi connectivity index (χ4n) is 0.806. The highest BCUT2D eigenvalue weighted by Gasteiger charge is 2.04. The molecule has 0 amide bonds. The second kappa shape index (κ2) is 3.93. The Morgan fingerprint density at radius 2 is 2.42 bits per heavy atom. The molecule has 1 heterocycles. The largest absolute Gasteiger partial charge is 0.387 e. The van der Waals surface area contributed by atoms with Crippen molar-refractivity contribution in [3.05, 3.63) is 16.1 Å². The van der Waals surface area contributed by atoms with Gasteiger partial charge in [0.15, 0.2) is 5.01 Å². The van der Waals surface area contributed by atoms with Crippen molar-refractivity contribution in [1.29, 1.82) is 0 Å². The molecule has 2 N–H and O–H groups in total. The predicted octanol–water partition coefficient (Wildman–Crippen LogP) is 0.839. The van der Waals surface area contributed by atoms with Crippen molar-refractivity contribution in [1.82, 2.24) is 9.88 Å². The molecule has 0 aliphatic carbocycles. The lowest BCUT2D eigenvalue weighted by atomic mass is 10.5. The number of thiocarbonyl (C=S) groups is 1. The Bertz CT molecular complexity index is 280. The van der Waals surface area contributed by atoms with Gasteiger partial charge in [0.1, 0.15) is 4.99 Å². The first-order valence-electron chi connectivity index (χ1n) is 3.49. The van der Waals surface area contributed by atoms with Gasteiger partial charge in [-0.25, -0.2) is 4.98 Å². The zero-order valence-electron chi connectivity index (χ0n) is 7.07. The molecule has 0 aliphatic heterocycles. The molecule has 12 heavy (non-hydrogen) atoms. The molecule has 0 unspecified atom stereocenters. The van der Waals surface area contributed by atoms with Gasteiger partial charge in [-0.1, -0.05) is 12.2 Å². The standard InChI is InChI=1S/C7H11N3S2/c1-10(2)4-5-3-9-7(12-5)6(8)11/h3H,4H2,1-2H3,(H2,8,11). The van der Waals surface area contributed by atoms with Crippen LogP contribution in [0.2, 0.25) is 0 Å². The lowest BCUT2D eigenvalue weighted by Crippen LogP contribution is -2.09. The van der Waals surface area contributed by atoms with E-state index in [2.05, 4.69) is 9.88 Å². The van der Waals surface area contributed by atoms with E-state index in [1.165, 1.54) is 4.88 Å². The maximum atomic E-state index is 5.42. The minimum atomic E-state index is 0.380. The molecular formula is C7H11N3S2. The van der Waals surface area contributed by atoms with Crippen LogP contribution in [-0.4, -0.2) is 29.0 Å². The van der Waals surface area contributed by atoms with E-state index in [1.807, 2.05) is 20.3 Å². The second-order valence-corrected chi connectivity index (χ2v) is 4.29. The van der Waals surface area contributed by atoms with Crippen molar-refractivity contribution in [2.45, 2.75) is 6.54 Å². The summed E-state index contributed by atoms with van der Waals surface area (Å²) in [6.07, 6.45) is 1.82. The summed E-state index contributed by atoms with van der Waals surface area (Å²) in [5.41, 5.74) is 5.42. The molecule has 0 saturated carbocycles. The lowest BCUT2D eigenvalue weighted by molar-refractivity contribution is 0.406. The fourth-order valence-corrected chi connectivity index (χ4v) is 1.87. The Hall–Kier alpha value is -0.520. The summed E-state index contributed by atoms with van der Waals surface area (Å²) in [5, 5.41) is 0.752. The molecule has 0 fully saturated rings. The number of aromatic nitrogens is 1. The maximum absolute atomic E-state index is 5.42. The maximum Gasteiger partial charge on any atom is 0.150 e. The highest BCUT2D eigenvalue weighted by atomic mass is 32.1. The van der Waals surface area contributed by atoms with Gasteiger partial charge in [0.25, 0.3) is 0 Å². The van der Waals surface area contributed by atoms with Crippen molar-refractivity contribution < 1.29 is 0 Å². The Morgan fingerprint density at radius 1 is 1.75 bits per heavy atom. The summed E-state index contributed by atoms with van der Waals surface area (Å²) < 4.78 is 0. The average molecular weight is 201 g/mol. The van der Waals surface area contributed by atoms with Gasteiger partial charge >= 0.3 is 0 Å². The molecule has 0 atom stereocenters. The van der Waals surface area contributed by atoms with Crippen molar-refractivity contribution in [3.63, 3.8) is 0 Å². The second-order valence-electron chi connectivity index (χ2n) is 2.73. The number of hydrogen-bond donors (Lipinski definition) is 1. The van der Waals surface area contributed by atoms with E-state index >= 15 is 0 Å². The van der Waals surface area contributed by atoms with Crippen LogP contribution in [-0.2, 0) is 6.54 Å². The number of rotatable bonds is 3. The van der Waals surface area contributed by atoms with Gasteiger partial charge in [-0.2, -0.15) is 0 Å². The Kier molecular flexibility index (Phi) is 3.13. The molecule has 66 valence electrons. The van der Waals surface area contributed by atoms with Crippen LogP contribution in [0.1, 0.15) is 9.88 Å². The van der Waals surface area contributed by atoms with E-state index in [4.69, 9.17) is 18.0 Å². The van der Waals surface area contributed by atoms with Crippen molar-refractivity contribution in [2.75, 3.05) is 14.1 Å². The summed E-state index contributed by atoms with van der Waals surface area (Å²) in [5.74, 6) is 0. The van der Waals surface area contributed by atoms with E-state index in [1.54, 1.807) is 11.3 Å². The van der Waals surface area contributed by atoms with Crippen LogP contribution in [0, 0.1) is 0 Å². The lowest BCUT2D eigenvalue weighted by Gasteiger charge is -2.05. The first-order chi connectivity index (χ1) is 5.59. The van der Waals surface area contributed by atoms with Crippen LogP contribution in [0.3, 0.4) is 0 Å². The number of nitrogens with zero attached hydrogens (tertiary/aromatic N) is 2. The minimum Gasteiger partial charge on any atom is -0.387 e. The van der Waals surface area contributed by atoms with Crippen molar-refractivity contribution >= 4 is 28.5 Å². The van der Waals surface area contributed by atoms with Gasteiger partial charge < -0.3 is 10.6 Å². The van der Waals surface area contributed by atoms with E-state index in [9.17, 15) is 0 Å². The monoisotopic (exact) mass is 201 g/mol. The van der Waals surface area contributed by atoms with Crippen LogP contribution in [0.15, 0.2) is 6.20 Å². The third-order valence-electron chi connectivity index (χ3n) is 1.24. The topological polar surface area (TPSA) is 42.2 Å². The molecule has 1 aromatic heterocycles. The van der Waals surface area contributed by atoms with Gasteiger partial charge in [-0.05, 0) is 14.1 Å². The molecule has 0 aliphatic rings. The van der Waals surface area contributed by atoms with Gasteiger partial charge in [-0.15, -0.1) is 11.3 Å². The van der Waals surface area contributed by atoms with Gasteiger partial charge in [0, 0.05) is 17.6 Å². The predicted molar refractivity (Wildman–Crippen MR) is 55.4 cm³/mol. The molecule has 0 aromatic carbocycles.